The first-order valence-corrected chi connectivity index (χ1v) is 8.56. The van der Waals surface area contributed by atoms with Gasteiger partial charge in [0.2, 0.25) is 5.79 Å². The first kappa shape index (κ1) is 18.5. The lowest BCUT2D eigenvalue weighted by Gasteiger charge is -2.37. The van der Waals surface area contributed by atoms with Crippen molar-refractivity contribution in [1.29, 1.82) is 0 Å². The molecule has 0 aromatic heterocycles. The summed E-state index contributed by atoms with van der Waals surface area (Å²) in [7, 11) is 0. The first-order chi connectivity index (χ1) is 11.2. The van der Waals surface area contributed by atoms with Crippen molar-refractivity contribution in [2.24, 2.45) is 22.6 Å². The van der Waals surface area contributed by atoms with E-state index in [2.05, 4.69) is 37.9 Å². The molecule has 0 saturated heterocycles. The van der Waals surface area contributed by atoms with Gasteiger partial charge < -0.3 is 10.2 Å². The molecule has 1 aliphatic heterocycles. The van der Waals surface area contributed by atoms with Crippen LogP contribution in [-0.2, 0) is 5.79 Å². The number of rotatable bonds is 5. The lowest BCUT2D eigenvalue weighted by molar-refractivity contribution is 0.313. The van der Waals surface area contributed by atoms with Gasteiger partial charge in [0.25, 0.3) is 0 Å². The number of benzene rings is 1. The van der Waals surface area contributed by atoms with Crippen molar-refractivity contribution in [3.63, 3.8) is 0 Å². The van der Waals surface area contributed by atoms with Crippen molar-refractivity contribution in [1.82, 2.24) is 10.2 Å². The van der Waals surface area contributed by atoms with Crippen LogP contribution in [-0.4, -0.2) is 23.8 Å². The molecule has 4 nitrogen and oxygen atoms in total. The van der Waals surface area contributed by atoms with Crippen molar-refractivity contribution in [2.75, 3.05) is 13.1 Å². The number of amidine groups is 1. The summed E-state index contributed by atoms with van der Waals surface area (Å²) >= 11 is 0. The van der Waals surface area contributed by atoms with Crippen molar-refractivity contribution >= 4 is 5.84 Å². The van der Waals surface area contributed by atoms with E-state index in [1.165, 1.54) is 12.1 Å². The standard InChI is InChI=1S/C19H29FN4/c1-13(2)11-24(12-14(3)4)18-10-15(5)22-19(21,23-18)16-6-8-17(20)9-7-16/h6-10,13-14,22H,11-12,21H2,1-5H3. The molecule has 0 amide bonds. The molecule has 1 unspecified atom stereocenters. The minimum atomic E-state index is -1.08. The highest BCUT2D eigenvalue weighted by Crippen LogP contribution is 2.24. The molecule has 1 aromatic carbocycles. The fourth-order valence-corrected chi connectivity index (χ4v) is 2.92. The quantitative estimate of drug-likeness (QED) is 0.869. The van der Waals surface area contributed by atoms with Gasteiger partial charge >= 0.3 is 0 Å². The van der Waals surface area contributed by atoms with Gasteiger partial charge in [0.1, 0.15) is 11.7 Å². The summed E-state index contributed by atoms with van der Waals surface area (Å²) in [4.78, 5) is 7.06. The van der Waals surface area contributed by atoms with E-state index in [4.69, 9.17) is 10.7 Å². The Labute approximate surface area is 144 Å². The number of aliphatic imine (C=N–C) groups is 1. The van der Waals surface area contributed by atoms with Crippen molar-refractivity contribution < 1.29 is 4.39 Å². The van der Waals surface area contributed by atoms with E-state index in [-0.39, 0.29) is 5.82 Å². The number of nitrogens with one attached hydrogen (secondary N) is 1. The highest BCUT2D eigenvalue weighted by molar-refractivity contribution is 5.94. The van der Waals surface area contributed by atoms with Gasteiger partial charge in [-0.1, -0.05) is 39.8 Å². The molecule has 1 atom stereocenters. The minimum Gasteiger partial charge on any atom is -0.356 e. The lowest BCUT2D eigenvalue weighted by atomic mass is 10.1. The molecule has 3 N–H and O–H groups in total. The third kappa shape index (κ3) is 4.57. The molecule has 0 spiro atoms. The number of nitrogens with two attached hydrogens (primary N) is 1. The van der Waals surface area contributed by atoms with E-state index in [0.29, 0.717) is 11.8 Å². The second kappa shape index (κ2) is 7.34. The molecule has 1 heterocycles. The maximum absolute atomic E-state index is 13.2. The Balaban J connectivity index is 2.38. The Bertz CT molecular complexity index is 609. The molecule has 5 heteroatoms. The maximum Gasteiger partial charge on any atom is 0.211 e. The molecule has 0 fully saturated rings. The molecule has 1 aromatic rings. The van der Waals surface area contributed by atoms with Gasteiger partial charge in [0.05, 0.1) is 0 Å². The van der Waals surface area contributed by atoms with E-state index < -0.39 is 5.79 Å². The van der Waals surface area contributed by atoms with Crippen molar-refractivity contribution in [3.8, 4) is 0 Å². The topological polar surface area (TPSA) is 53.6 Å². The maximum atomic E-state index is 13.2. The summed E-state index contributed by atoms with van der Waals surface area (Å²) in [5, 5.41) is 3.22. The van der Waals surface area contributed by atoms with Gasteiger partial charge in [-0.15, -0.1) is 0 Å². The number of halogens is 1. The number of hydrogen-bond acceptors (Lipinski definition) is 4. The molecular weight excluding hydrogens is 303 g/mol. The zero-order chi connectivity index (χ0) is 17.9. The van der Waals surface area contributed by atoms with Crippen LogP contribution >= 0.6 is 0 Å². The Morgan fingerprint density at radius 1 is 1.12 bits per heavy atom. The highest BCUT2D eigenvalue weighted by Gasteiger charge is 2.31. The van der Waals surface area contributed by atoms with Gasteiger partial charge in [-0.2, -0.15) is 0 Å². The van der Waals surface area contributed by atoms with E-state index in [0.717, 1.165) is 30.2 Å². The van der Waals surface area contributed by atoms with Crippen LogP contribution in [0.4, 0.5) is 4.39 Å². The van der Waals surface area contributed by atoms with Gasteiger partial charge in [-0.25, -0.2) is 9.38 Å². The Morgan fingerprint density at radius 2 is 1.67 bits per heavy atom. The smallest absolute Gasteiger partial charge is 0.211 e. The van der Waals surface area contributed by atoms with Crippen LogP contribution in [0.1, 0.15) is 40.2 Å². The van der Waals surface area contributed by atoms with Crippen molar-refractivity contribution in [3.05, 3.63) is 47.4 Å². The van der Waals surface area contributed by atoms with Crippen molar-refractivity contribution in [2.45, 2.75) is 40.4 Å². The molecule has 132 valence electrons. The number of nitrogens with zero attached hydrogens (tertiary/aromatic N) is 2. The van der Waals surface area contributed by atoms with Crippen LogP contribution in [0.15, 0.2) is 41.0 Å². The number of hydrogen-bond donors (Lipinski definition) is 2. The van der Waals surface area contributed by atoms with Gasteiger partial charge in [-0.05, 0) is 37.0 Å². The molecule has 0 bridgehead atoms. The minimum absolute atomic E-state index is 0.282. The Hall–Kier alpha value is -1.88. The zero-order valence-electron chi connectivity index (χ0n) is 15.3. The largest absolute Gasteiger partial charge is 0.356 e. The Kier molecular flexibility index (Phi) is 5.65. The normalized spacial score (nSPS) is 20.7. The summed E-state index contributed by atoms with van der Waals surface area (Å²) in [6.07, 6.45) is 2.03. The van der Waals surface area contributed by atoms with Crippen LogP contribution in [0.5, 0.6) is 0 Å². The summed E-state index contributed by atoms with van der Waals surface area (Å²) in [5.74, 6) is 0.561. The highest BCUT2D eigenvalue weighted by atomic mass is 19.1. The van der Waals surface area contributed by atoms with Gasteiger partial charge in [0, 0.05) is 24.4 Å². The average molecular weight is 332 g/mol. The predicted octanol–water partition coefficient (Wildman–Crippen LogP) is 3.41. The van der Waals surface area contributed by atoms with E-state index >= 15 is 0 Å². The Morgan fingerprint density at radius 3 is 2.17 bits per heavy atom. The van der Waals surface area contributed by atoms with Gasteiger partial charge in [-0.3, -0.25) is 5.73 Å². The predicted molar refractivity (Wildman–Crippen MR) is 97.8 cm³/mol. The van der Waals surface area contributed by atoms with Crippen LogP contribution < -0.4 is 11.1 Å². The summed E-state index contributed by atoms with van der Waals surface area (Å²) in [6.45, 7) is 12.6. The number of allylic oxidation sites excluding steroid dienone is 1. The molecule has 0 aliphatic carbocycles. The SMILES string of the molecule is CC1=CC(N(CC(C)C)CC(C)C)=NC(N)(c2ccc(F)cc2)N1. The van der Waals surface area contributed by atoms with Crippen LogP contribution in [0.2, 0.25) is 0 Å². The van der Waals surface area contributed by atoms with Gasteiger partial charge in [0.15, 0.2) is 0 Å². The fraction of sp³-hybridized carbons (Fsp3) is 0.526. The van der Waals surface area contributed by atoms with E-state index in [1.54, 1.807) is 12.1 Å². The average Bonchev–Trinajstić information content (AvgIpc) is 2.45. The van der Waals surface area contributed by atoms with Crippen LogP contribution in [0.25, 0.3) is 0 Å². The molecule has 2 rings (SSSR count). The van der Waals surface area contributed by atoms with E-state index in [1.807, 2.05) is 13.0 Å². The fourth-order valence-electron chi connectivity index (χ4n) is 2.92. The third-order valence-corrected chi connectivity index (χ3v) is 3.80. The second-order valence-corrected chi connectivity index (χ2v) is 7.39. The zero-order valence-corrected chi connectivity index (χ0v) is 15.3. The molecule has 24 heavy (non-hydrogen) atoms. The first-order valence-electron chi connectivity index (χ1n) is 8.56. The van der Waals surface area contributed by atoms with E-state index in [9.17, 15) is 4.39 Å². The summed E-state index contributed by atoms with van der Waals surface area (Å²) in [6, 6.07) is 6.18. The second-order valence-electron chi connectivity index (χ2n) is 7.39. The molecule has 1 aliphatic rings. The van der Waals surface area contributed by atoms with Crippen LogP contribution in [0, 0.1) is 17.7 Å². The molecule has 0 radical (unpaired) electrons. The summed E-state index contributed by atoms with van der Waals surface area (Å²) in [5.41, 5.74) is 8.21. The molecule has 0 saturated carbocycles. The lowest BCUT2D eigenvalue weighted by Crippen LogP contribution is -2.52. The molecular formula is C19H29FN4. The van der Waals surface area contributed by atoms with Crippen LogP contribution in [0.3, 0.4) is 0 Å². The summed E-state index contributed by atoms with van der Waals surface area (Å²) < 4.78 is 13.2. The monoisotopic (exact) mass is 332 g/mol. The third-order valence-electron chi connectivity index (χ3n) is 3.80.